The van der Waals surface area contributed by atoms with Crippen LogP contribution in [0.3, 0.4) is 0 Å². The van der Waals surface area contributed by atoms with Gasteiger partial charge in [0.1, 0.15) is 11.7 Å². The van der Waals surface area contributed by atoms with E-state index in [0.29, 0.717) is 0 Å². The number of nitrogens with zero attached hydrogens (tertiary/aromatic N) is 1. The van der Waals surface area contributed by atoms with Crippen LogP contribution >= 0.6 is 0 Å². The lowest BCUT2D eigenvalue weighted by atomic mass is 9.86. The Balaban J connectivity index is 3.04. The topological polar surface area (TPSA) is 138 Å². The SMILES string of the molecule is COC(=O)C(C(=O)OC)[C@H](C)[C@H](NC(=O)c1ccccn1)C(N)=O. The van der Waals surface area contributed by atoms with E-state index in [9.17, 15) is 19.2 Å². The van der Waals surface area contributed by atoms with Crippen molar-refractivity contribution in [2.24, 2.45) is 17.6 Å². The van der Waals surface area contributed by atoms with Crippen LogP contribution in [0.2, 0.25) is 0 Å². The molecule has 9 heteroatoms. The van der Waals surface area contributed by atoms with Gasteiger partial charge in [-0.3, -0.25) is 24.2 Å². The Labute approximate surface area is 138 Å². The summed E-state index contributed by atoms with van der Waals surface area (Å²) in [7, 11) is 2.19. The van der Waals surface area contributed by atoms with Gasteiger partial charge in [0.2, 0.25) is 5.91 Å². The summed E-state index contributed by atoms with van der Waals surface area (Å²) in [6.07, 6.45) is 1.41. The zero-order valence-electron chi connectivity index (χ0n) is 13.5. The van der Waals surface area contributed by atoms with Crippen molar-refractivity contribution in [2.75, 3.05) is 14.2 Å². The molecule has 0 aliphatic heterocycles. The van der Waals surface area contributed by atoms with Crippen LogP contribution in [0.25, 0.3) is 0 Å². The Bertz CT molecular complexity index is 603. The Morgan fingerprint density at radius 2 is 1.71 bits per heavy atom. The zero-order chi connectivity index (χ0) is 18.3. The average molecular weight is 337 g/mol. The molecule has 0 spiro atoms. The number of ether oxygens (including phenoxy) is 2. The first-order chi connectivity index (χ1) is 11.3. The number of hydrogen-bond donors (Lipinski definition) is 2. The number of rotatable bonds is 7. The number of amides is 2. The standard InChI is InChI=1S/C15H19N3O6/c1-8(10(14(21)23-2)15(22)24-3)11(12(16)19)18-13(20)9-6-4-5-7-17-9/h4-8,10-11H,1-3H3,(H2,16,19)(H,18,20)/t8-,11-/m0/s1. The van der Waals surface area contributed by atoms with E-state index in [-0.39, 0.29) is 5.69 Å². The van der Waals surface area contributed by atoms with E-state index in [2.05, 4.69) is 19.8 Å². The summed E-state index contributed by atoms with van der Waals surface area (Å²) < 4.78 is 9.12. The molecule has 1 rings (SSSR count). The minimum atomic E-state index is -1.42. The minimum Gasteiger partial charge on any atom is -0.468 e. The van der Waals surface area contributed by atoms with Gasteiger partial charge in [0.25, 0.3) is 5.91 Å². The van der Waals surface area contributed by atoms with E-state index in [1.165, 1.54) is 19.2 Å². The second-order valence-electron chi connectivity index (χ2n) is 4.95. The number of aromatic nitrogens is 1. The molecule has 0 aromatic carbocycles. The van der Waals surface area contributed by atoms with E-state index < -0.39 is 41.6 Å². The van der Waals surface area contributed by atoms with Gasteiger partial charge in [0.15, 0.2) is 5.92 Å². The van der Waals surface area contributed by atoms with E-state index in [1.807, 2.05) is 0 Å². The second-order valence-corrected chi connectivity index (χ2v) is 4.95. The lowest BCUT2D eigenvalue weighted by molar-refractivity contribution is -0.161. The Kier molecular flexibility index (Phi) is 6.84. The van der Waals surface area contributed by atoms with Gasteiger partial charge in [-0.25, -0.2) is 0 Å². The molecule has 1 aromatic heterocycles. The van der Waals surface area contributed by atoms with Gasteiger partial charge < -0.3 is 20.5 Å². The largest absolute Gasteiger partial charge is 0.468 e. The number of carbonyl (C=O) groups excluding carboxylic acids is 4. The highest BCUT2D eigenvalue weighted by Crippen LogP contribution is 2.19. The molecule has 0 aliphatic rings. The molecule has 0 bridgehead atoms. The third-order valence-corrected chi connectivity index (χ3v) is 3.45. The van der Waals surface area contributed by atoms with Gasteiger partial charge in [-0.1, -0.05) is 13.0 Å². The predicted octanol–water partition coefficient (Wildman–Crippen LogP) is -0.736. The van der Waals surface area contributed by atoms with Crippen molar-refractivity contribution in [2.45, 2.75) is 13.0 Å². The van der Waals surface area contributed by atoms with Crippen molar-refractivity contribution in [1.29, 1.82) is 0 Å². The smallest absolute Gasteiger partial charge is 0.320 e. The molecule has 0 saturated carbocycles. The maximum atomic E-state index is 12.2. The predicted molar refractivity (Wildman–Crippen MR) is 81.4 cm³/mol. The fraction of sp³-hybridized carbons (Fsp3) is 0.400. The number of nitrogens with two attached hydrogens (primary N) is 1. The molecular formula is C15H19N3O6. The Morgan fingerprint density at radius 3 is 2.12 bits per heavy atom. The third-order valence-electron chi connectivity index (χ3n) is 3.45. The van der Waals surface area contributed by atoms with Crippen LogP contribution in [0.4, 0.5) is 0 Å². The number of pyridine rings is 1. The number of esters is 2. The summed E-state index contributed by atoms with van der Waals surface area (Å²) in [4.78, 5) is 51.4. The summed E-state index contributed by atoms with van der Waals surface area (Å²) in [6, 6.07) is 3.35. The lowest BCUT2D eigenvalue weighted by Crippen LogP contribution is -2.53. The molecule has 0 aliphatic carbocycles. The molecule has 9 nitrogen and oxygen atoms in total. The molecule has 0 radical (unpaired) electrons. The van der Waals surface area contributed by atoms with Crippen LogP contribution in [0, 0.1) is 11.8 Å². The van der Waals surface area contributed by atoms with Crippen LogP contribution in [0.5, 0.6) is 0 Å². The highest BCUT2D eigenvalue weighted by molar-refractivity contribution is 5.98. The van der Waals surface area contributed by atoms with Gasteiger partial charge in [0.05, 0.1) is 14.2 Å². The molecule has 0 fully saturated rings. The minimum absolute atomic E-state index is 0.0589. The fourth-order valence-corrected chi connectivity index (χ4v) is 2.15. The monoisotopic (exact) mass is 337 g/mol. The van der Waals surface area contributed by atoms with Crippen molar-refractivity contribution in [3.63, 3.8) is 0 Å². The maximum Gasteiger partial charge on any atom is 0.320 e. The first-order valence-corrected chi connectivity index (χ1v) is 7.00. The summed E-state index contributed by atoms with van der Waals surface area (Å²) in [5, 5.41) is 2.38. The van der Waals surface area contributed by atoms with Gasteiger partial charge in [-0.2, -0.15) is 0 Å². The van der Waals surface area contributed by atoms with Crippen molar-refractivity contribution in [3.8, 4) is 0 Å². The van der Waals surface area contributed by atoms with Crippen molar-refractivity contribution in [1.82, 2.24) is 10.3 Å². The zero-order valence-corrected chi connectivity index (χ0v) is 13.5. The molecule has 130 valence electrons. The van der Waals surface area contributed by atoms with E-state index in [0.717, 1.165) is 14.2 Å². The summed E-state index contributed by atoms with van der Waals surface area (Å²) in [6.45, 7) is 1.41. The number of nitrogens with one attached hydrogen (secondary N) is 1. The molecule has 1 heterocycles. The third kappa shape index (κ3) is 4.51. The van der Waals surface area contributed by atoms with Gasteiger partial charge in [0, 0.05) is 12.1 Å². The number of methoxy groups -OCH3 is 2. The van der Waals surface area contributed by atoms with Crippen LogP contribution in [-0.2, 0) is 23.9 Å². The van der Waals surface area contributed by atoms with Gasteiger partial charge in [-0.15, -0.1) is 0 Å². The maximum absolute atomic E-state index is 12.2. The first kappa shape index (κ1) is 19.1. The van der Waals surface area contributed by atoms with E-state index >= 15 is 0 Å². The molecule has 0 saturated heterocycles. The number of primary amides is 1. The molecule has 1 aromatic rings. The summed E-state index contributed by atoms with van der Waals surface area (Å²) >= 11 is 0. The highest BCUT2D eigenvalue weighted by atomic mass is 16.5. The van der Waals surface area contributed by atoms with E-state index in [1.54, 1.807) is 12.1 Å². The van der Waals surface area contributed by atoms with Crippen LogP contribution in [0.15, 0.2) is 24.4 Å². The average Bonchev–Trinajstić information content (AvgIpc) is 2.59. The first-order valence-electron chi connectivity index (χ1n) is 7.00. The fourth-order valence-electron chi connectivity index (χ4n) is 2.15. The quantitative estimate of drug-likeness (QED) is 0.494. The molecule has 0 unspecified atom stereocenters. The van der Waals surface area contributed by atoms with Crippen LogP contribution < -0.4 is 11.1 Å². The molecule has 3 N–H and O–H groups in total. The van der Waals surface area contributed by atoms with Crippen LogP contribution in [-0.4, -0.2) is 49.0 Å². The van der Waals surface area contributed by atoms with E-state index in [4.69, 9.17) is 5.73 Å². The molecule has 2 amide bonds. The van der Waals surface area contributed by atoms with Gasteiger partial charge >= 0.3 is 11.9 Å². The molecule has 24 heavy (non-hydrogen) atoms. The van der Waals surface area contributed by atoms with Crippen molar-refractivity contribution in [3.05, 3.63) is 30.1 Å². The lowest BCUT2D eigenvalue weighted by Gasteiger charge is -2.26. The van der Waals surface area contributed by atoms with Gasteiger partial charge in [-0.05, 0) is 12.1 Å². The molecular weight excluding hydrogens is 318 g/mol. The van der Waals surface area contributed by atoms with Crippen molar-refractivity contribution >= 4 is 23.8 Å². The summed E-state index contributed by atoms with van der Waals surface area (Å²) in [5.74, 6) is -5.78. The Morgan fingerprint density at radius 1 is 1.12 bits per heavy atom. The summed E-state index contributed by atoms with van der Waals surface area (Å²) in [5.41, 5.74) is 5.37. The second kappa shape index (κ2) is 8.61. The Hall–Kier alpha value is -2.97. The van der Waals surface area contributed by atoms with Crippen LogP contribution in [0.1, 0.15) is 17.4 Å². The normalized spacial score (nSPS) is 12.8. The number of carbonyl (C=O) groups is 4. The molecule has 2 atom stereocenters. The number of hydrogen-bond acceptors (Lipinski definition) is 7. The highest BCUT2D eigenvalue weighted by Gasteiger charge is 2.41. The van der Waals surface area contributed by atoms with Crippen molar-refractivity contribution < 1.29 is 28.7 Å².